The van der Waals surface area contributed by atoms with Crippen LogP contribution in [-0.2, 0) is 26.2 Å². The summed E-state index contributed by atoms with van der Waals surface area (Å²) < 4.78 is 34.4. The number of piperidine rings is 1. The molecule has 31 heavy (non-hydrogen) atoms. The fourth-order valence-electron chi connectivity index (χ4n) is 3.79. The van der Waals surface area contributed by atoms with Crippen molar-refractivity contribution in [3.8, 4) is 6.07 Å². The molecule has 0 radical (unpaired) electrons. The van der Waals surface area contributed by atoms with E-state index in [0.29, 0.717) is 35.5 Å². The summed E-state index contributed by atoms with van der Waals surface area (Å²) in [5.74, 6) is -1.02. The van der Waals surface area contributed by atoms with Gasteiger partial charge < -0.3 is 9.14 Å². The first-order valence-corrected chi connectivity index (χ1v) is 11.6. The minimum atomic E-state index is -3.72. The average Bonchev–Trinajstić information content (AvgIpc) is 3.15. The number of rotatable bonds is 5. The molecule has 0 amide bonds. The van der Waals surface area contributed by atoms with Gasteiger partial charge in [0.15, 0.2) is 0 Å². The van der Waals surface area contributed by atoms with Crippen molar-refractivity contribution in [1.29, 1.82) is 5.26 Å². The minimum absolute atomic E-state index is 0.0379. The van der Waals surface area contributed by atoms with Crippen LogP contribution in [0.5, 0.6) is 0 Å². The molecule has 1 atom stereocenters. The average molecular weight is 458 g/mol. The third-order valence-corrected chi connectivity index (χ3v) is 7.54. The number of pyridine rings is 1. The standard InChI is InChI=1S/C22H20ClN3O4S/c23-18-6-8-19(9-7-18)31(28,29)26-11-3-4-16(14-26)22(27)30-15-17-13-25-10-2-1-5-21(25)20(17)12-24/h1-2,5-10,13,16H,3-4,11,14-15H2/t16-/m1/s1. The number of ether oxygens (including phenoxy) is 1. The Kier molecular flexibility index (Phi) is 6.01. The third kappa shape index (κ3) is 4.30. The summed E-state index contributed by atoms with van der Waals surface area (Å²) in [6.07, 6.45) is 4.70. The Bertz CT molecular complexity index is 1260. The second-order valence-electron chi connectivity index (χ2n) is 7.40. The number of nitrogens with zero attached hydrogens (tertiary/aromatic N) is 3. The number of aromatic nitrogens is 1. The molecule has 0 aliphatic carbocycles. The summed E-state index contributed by atoms with van der Waals surface area (Å²) in [7, 11) is -3.72. The van der Waals surface area contributed by atoms with E-state index < -0.39 is 21.9 Å². The van der Waals surface area contributed by atoms with E-state index in [1.54, 1.807) is 6.20 Å². The highest BCUT2D eigenvalue weighted by atomic mass is 35.5. The van der Waals surface area contributed by atoms with Crippen molar-refractivity contribution in [2.75, 3.05) is 13.1 Å². The van der Waals surface area contributed by atoms with Gasteiger partial charge in [0.1, 0.15) is 12.7 Å². The highest BCUT2D eigenvalue weighted by Gasteiger charge is 2.34. The zero-order valence-corrected chi connectivity index (χ0v) is 18.1. The monoisotopic (exact) mass is 457 g/mol. The molecule has 2 aromatic heterocycles. The van der Waals surface area contributed by atoms with Gasteiger partial charge in [0.2, 0.25) is 10.0 Å². The zero-order chi connectivity index (χ0) is 22.0. The largest absolute Gasteiger partial charge is 0.460 e. The molecule has 1 aromatic carbocycles. The Morgan fingerprint density at radius 1 is 1.23 bits per heavy atom. The van der Waals surface area contributed by atoms with E-state index in [1.807, 2.05) is 28.8 Å². The van der Waals surface area contributed by atoms with Crippen molar-refractivity contribution < 1.29 is 17.9 Å². The van der Waals surface area contributed by atoms with Crippen molar-refractivity contribution in [2.24, 2.45) is 5.92 Å². The zero-order valence-electron chi connectivity index (χ0n) is 16.6. The number of nitriles is 1. The van der Waals surface area contributed by atoms with E-state index in [1.165, 1.54) is 28.6 Å². The van der Waals surface area contributed by atoms with Gasteiger partial charge in [-0.15, -0.1) is 0 Å². The van der Waals surface area contributed by atoms with Crippen molar-refractivity contribution in [3.05, 3.63) is 71.0 Å². The van der Waals surface area contributed by atoms with Gasteiger partial charge >= 0.3 is 5.97 Å². The number of carbonyl (C=O) groups is 1. The fourth-order valence-corrected chi connectivity index (χ4v) is 5.44. The molecule has 7 nitrogen and oxygen atoms in total. The molecule has 1 saturated heterocycles. The maximum Gasteiger partial charge on any atom is 0.310 e. The summed E-state index contributed by atoms with van der Waals surface area (Å²) in [5.41, 5.74) is 1.82. The van der Waals surface area contributed by atoms with Crippen LogP contribution in [0.25, 0.3) is 5.52 Å². The first-order chi connectivity index (χ1) is 14.9. The van der Waals surface area contributed by atoms with Gasteiger partial charge in [0.25, 0.3) is 0 Å². The number of benzene rings is 1. The number of hydrogen-bond acceptors (Lipinski definition) is 5. The molecule has 9 heteroatoms. The predicted molar refractivity (Wildman–Crippen MR) is 115 cm³/mol. The maximum absolute atomic E-state index is 12.9. The van der Waals surface area contributed by atoms with Gasteiger partial charge in [-0.1, -0.05) is 17.7 Å². The van der Waals surface area contributed by atoms with Crippen molar-refractivity contribution in [3.63, 3.8) is 0 Å². The molecule has 0 N–H and O–H groups in total. The Hall–Kier alpha value is -2.86. The Labute approximate surface area is 185 Å². The SMILES string of the molecule is N#Cc1c(COC(=O)[C@@H]2CCCN(S(=O)(=O)c3ccc(Cl)cc3)C2)cn2ccccc12. The number of sulfonamides is 1. The molecule has 3 heterocycles. The van der Waals surface area contributed by atoms with Crippen LogP contribution >= 0.6 is 11.6 Å². The second kappa shape index (κ2) is 8.71. The van der Waals surface area contributed by atoms with Gasteiger partial charge in [0.05, 0.1) is 21.9 Å². The van der Waals surface area contributed by atoms with E-state index >= 15 is 0 Å². The van der Waals surface area contributed by atoms with Crippen LogP contribution in [0.15, 0.2) is 59.8 Å². The molecule has 4 rings (SSSR count). The first-order valence-electron chi connectivity index (χ1n) is 9.81. The van der Waals surface area contributed by atoms with Crippen LogP contribution in [0.4, 0.5) is 0 Å². The maximum atomic E-state index is 12.9. The van der Waals surface area contributed by atoms with E-state index in [9.17, 15) is 18.5 Å². The van der Waals surface area contributed by atoms with Crippen molar-refractivity contribution in [1.82, 2.24) is 8.71 Å². The molecule has 1 fully saturated rings. The van der Waals surface area contributed by atoms with Crippen molar-refractivity contribution >= 4 is 33.1 Å². The summed E-state index contributed by atoms with van der Waals surface area (Å²) in [6.45, 7) is 0.370. The smallest absolute Gasteiger partial charge is 0.310 e. The lowest BCUT2D eigenvalue weighted by molar-refractivity contribution is -0.151. The fraction of sp³-hybridized carbons (Fsp3) is 0.273. The molecule has 160 valence electrons. The molecular weight excluding hydrogens is 438 g/mol. The van der Waals surface area contributed by atoms with E-state index in [0.717, 1.165) is 5.52 Å². The van der Waals surface area contributed by atoms with Gasteiger partial charge in [-0.05, 0) is 49.2 Å². The number of fused-ring (bicyclic) bond motifs is 1. The van der Waals surface area contributed by atoms with Gasteiger partial charge in [-0.2, -0.15) is 9.57 Å². The highest BCUT2D eigenvalue weighted by molar-refractivity contribution is 7.89. The molecule has 3 aromatic rings. The van der Waals surface area contributed by atoms with Gasteiger partial charge in [-0.3, -0.25) is 4.79 Å². The van der Waals surface area contributed by atoms with E-state index in [-0.39, 0.29) is 18.0 Å². The van der Waals surface area contributed by atoms with E-state index in [4.69, 9.17) is 16.3 Å². The highest BCUT2D eigenvalue weighted by Crippen LogP contribution is 2.26. The third-order valence-electron chi connectivity index (χ3n) is 5.41. The number of carbonyl (C=O) groups excluding carboxylic acids is 1. The quantitative estimate of drug-likeness (QED) is 0.546. The molecular formula is C22H20ClN3O4S. The van der Waals surface area contributed by atoms with Crippen LogP contribution in [0.2, 0.25) is 5.02 Å². The molecule has 0 bridgehead atoms. The minimum Gasteiger partial charge on any atom is -0.460 e. The molecule has 1 aliphatic heterocycles. The lowest BCUT2D eigenvalue weighted by Crippen LogP contribution is -2.42. The van der Waals surface area contributed by atoms with Crippen LogP contribution in [0.1, 0.15) is 24.0 Å². The van der Waals surface area contributed by atoms with Crippen molar-refractivity contribution in [2.45, 2.75) is 24.3 Å². The second-order valence-corrected chi connectivity index (χ2v) is 9.77. The van der Waals surface area contributed by atoms with E-state index in [2.05, 4.69) is 6.07 Å². The number of hydrogen-bond donors (Lipinski definition) is 0. The predicted octanol–water partition coefficient (Wildman–Crippen LogP) is 3.61. The van der Waals surface area contributed by atoms with Crippen LogP contribution in [0.3, 0.4) is 0 Å². The molecule has 0 saturated carbocycles. The normalized spacial score (nSPS) is 17.4. The van der Waals surface area contributed by atoms with Crippen LogP contribution < -0.4 is 0 Å². The summed E-state index contributed by atoms with van der Waals surface area (Å²) in [6, 6.07) is 13.6. The van der Waals surface area contributed by atoms with Gasteiger partial charge in [-0.25, -0.2) is 8.42 Å². The lowest BCUT2D eigenvalue weighted by atomic mass is 10.00. The van der Waals surface area contributed by atoms with Crippen LogP contribution in [0, 0.1) is 17.2 Å². The molecule has 0 spiro atoms. The van der Waals surface area contributed by atoms with Crippen LogP contribution in [-0.4, -0.2) is 36.2 Å². The summed E-state index contributed by atoms with van der Waals surface area (Å²) in [4.78, 5) is 12.8. The Morgan fingerprint density at radius 2 is 2.00 bits per heavy atom. The van der Waals surface area contributed by atoms with Gasteiger partial charge in [0, 0.05) is 36.1 Å². The molecule has 1 aliphatic rings. The summed E-state index contributed by atoms with van der Waals surface area (Å²) >= 11 is 5.85. The number of esters is 1. The Balaban J connectivity index is 1.45. The summed E-state index contributed by atoms with van der Waals surface area (Å²) in [5, 5.41) is 9.94. The lowest BCUT2D eigenvalue weighted by Gasteiger charge is -2.30. The first kappa shape index (κ1) is 21.4. The Morgan fingerprint density at radius 3 is 2.74 bits per heavy atom. The number of halogens is 1. The molecule has 0 unspecified atom stereocenters. The topological polar surface area (TPSA) is 91.9 Å².